The summed E-state index contributed by atoms with van der Waals surface area (Å²) in [4.78, 5) is 34.1. The largest absolute Gasteiger partial charge is 0.430 e. The van der Waals surface area contributed by atoms with Crippen LogP contribution in [0.1, 0.15) is 48.0 Å². The molecule has 39 heavy (non-hydrogen) atoms. The minimum Gasteiger partial charge on any atom is -0.369 e. The molecule has 2 heterocycles. The predicted molar refractivity (Wildman–Crippen MR) is 143 cm³/mol. The van der Waals surface area contributed by atoms with Crippen molar-refractivity contribution in [1.82, 2.24) is 14.8 Å². The van der Waals surface area contributed by atoms with Crippen molar-refractivity contribution < 1.29 is 27.9 Å². The first-order chi connectivity index (χ1) is 18.3. The third-order valence-corrected chi connectivity index (χ3v) is 8.48. The average Bonchev–Trinajstić information content (AvgIpc) is 2.89. The summed E-state index contributed by atoms with van der Waals surface area (Å²) in [6.07, 6.45) is -0.745. The zero-order chi connectivity index (χ0) is 28.6. The zero-order valence-electron chi connectivity index (χ0n) is 22.3. The Morgan fingerprint density at radius 1 is 1.08 bits per heavy atom. The van der Waals surface area contributed by atoms with E-state index in [1.165, 1.54) is 30.1 Å². The SMILES string of the molecule is CN(C)C(=O)c1ccc(N2CCC3(CC2)CC(CCN(C)C(=O)[C@](O)(c2ccccc2)C(F)(F)F)C3)nc1Cl. The van der Waals surface area contributed by atoms with Crippen LogP contribution < -0.4 is 4.90 Å². The third kappa shape index (κ3) is 5.72. The zero-order valence-corrected chi connectivity index (χ0v) is 23.1. The Morgan fingerprint density at radius 3 is 2.23 bits per heavy atom. The molecule has 1 aromatic carbocycles. The number of rotatable bonds is 7. The number of piperidine rings is 1. The summed E-state index contributed by atoms with van der Waals surface area (Å²) >= 11 is 6.28. The Balaban J connectivity index is 1.29. The topological polar surface area (TPSA) is 77.0 Å². The molecule has 1 aromatic heterocycles. The first-order valence-electron chi connectivity index (χ1n) is 13.0. The molecule has 11 heteroatoms. The van der Waals surface area contributed by atoms with Gasteiger partial charge in [-0.2, -0.15) is 13.2 Å². The van der Waals surface area contributed by atoms with E-state index in [1.807, 2.05) is 6.07 Å². The van der Waals surface area contributed by atoms with Gasteiger partial charge in [0, 0.05) is 46.3 Å². The highest BCUT2D eigenvalue weighted by Gasteiger charge is 2.61. The Hall–Kier alpha value is -2.85. The molecule has 2 aromatic rings. The molecule has 0 bridgehead atoms. The highest BCUT2D eigenvalue weighted by molar-refractivity contribution is 6.32. The molecule has 1 atom stereocenters. The number of anilines is 1. The van der Waals surface area contributed by atoms with E-state index in [-0.39, 0.29) is 23.0 Å². The molecule has 2 aliphatic rings. The molecule has 0 radical (unpaired) electrons. The second kappa shape index (κ2) is 11.0. The number of halogens is 4. The van der Waals surface area contributed by atoms with Crippen molar-refractivity contribution in [3.63, 3.8) is 0 Å². The maximum Gasteiger partial charge on any atom is 0.430 e. The van der Waals surface area contributed by atoms with Crippen LogP contribution in [0.2, 0.25) is 5.15 Å². The maximum atomic E-state index is 13.8. The molecule has 1 spiro atoms. The van der Waals surface area contributed by atoms with Gasteiger partial charge in [0.2, 0.25) is 0 Å². The average molecular weight is 567 g/mol. The number of aromatic nitrogens is 1. The second-order valence-electron chi connectivity index (χ2n) is 11.1. The van der Waals surface area contributed by atoms with Crippen molar-refractivity contribution >= 4 is 29.2 Å². The van der Waals surface area contributed by atoms with Gasteiger partial charge in [-0.05, 0) is 55.6 Å². The van der Waals surface area contributed by atoms with E-state index in [0.717, 1.165) is 61.6 Å². The minimum atomic E-state index is -5.14. The van der Waals surface area contributed by atoms with Gasteiger partial charge in [-0.25, -0.2) is 4.98 Å². The molecule has 212 valence electrons. The first-order valence-corrected chi connectivity index (χ1v) is 13.4. The Kier molecular flexibility index (Phi) is 8.19. The smallest absolute Gasteiger partial charge is 0.369 e. The molecular weight excluding hydrogens is 533 g/mol. The summed E-state index contributed by atoms with van der Waals surface area (Å²) in [5, 5.41) is 10.7. The van der Waals surface area contributed by atoms with Crippen molar-refractivity contribution in [2.75, 3.05) is 45.7 Å². The highest BCUT2D eigenvalue weighted by atomic mass is 35.5. The third-order valence-electron chi connectivity index (χ3n) is 8.19. The number of pyridine rings is 1. The molecule has 0 unspecified atom stereocenters. The summed E-state index contributed by atoms with van der Waals surface area (Å²) in [7, 11) is 4.63. The molecule has 2 fully saturated rings. The minimum absolute atomic E-state index is 0.136. The van der Waals surface area contributed by atoms with Crippen LogP contribution in [0.15, 0.2) is 42.5 Å². The highest BCUT2D eigenvalue weighted by Crippen LogP contribution is 2.54. The van der Waals surface area contributed by atoms with Gasteiger partial charge in [-0.3, -0.25) is 9.59 Å². The molecular formula is C28H34ClF3N4O3. The summed E-state index contributed by atoms with van der Waals surface area (Å²) in [5.41, 5.74) is -3.52. The van der Waals surface area contributed by atoms with Crippen molar-refractivity contribution in [3.8, 4) is 0 Å². The maximum absolute atomic E-state index is 13.8. The number of alkyl halides is 3. The molecule has 4 rings (SSSR count). The fraction of sp³-hybridized carbons (Fsp3) is 0.536. The first kappa shape index (κ1) is 29.1. The van der Waals surface area contributed by atoms with E-state index in [4.69, 9.17) is 11.6 Å². The van der Waals surface area contributed by atoms with E-state index in [0.29, 0.717) is 17.9 Å². The predicted octanol–water partition coefficient (Wildman–Crippen LogP) is 4.73. The van der Waals surface area contributed by atoms with E-state index < -0.39 is 23.2 Å². The van der Waals surface area contributed by atoms with Gasteiger partial charge < -0.3 is 19.8 Å². The van der Waals surface area contributed by atoms with Gasteiger partial charge in [0.25, 0.3) is 17.4 Å². The second-order valence-corrected chi connectivity index (χ2v) is 11.4. The van der Waals surface area contributed by atoms with E-state index >= 15 is 0 Å². The fourth-order valence-electron chi connectivity index (χ4n) is 5.83. The summed E-state index contributed by atoms with van der Waals surface area (Å²) in [6, 6.07) is 10.0. The van der Waals surface area contributed by atoms with Gasteiger partial charge in [-0.1, -0.05) is 41.9 Å². The van der Waals surface area contributed by atoms with Crippen LogP contribution in [-0.4, -0.2) is 78.7 Å². The van der Waals surface area contributed by atoms with Gasteiger partial charge in [0.05, 0.1) is 5.56 Å². The van der Waals surface area contributed by atoms with E-state index in [2.05, 4.69) is 9.88 Å². The lowest BCUT2D eigenvalue weighted by Crippen LogP contribution is -2.55. The number of benzene rings is 1. The molecule has 7 nitrogen and oxygen atoms in total. The number of amides is 2. The number of hydrogen-bond donors (Lipinski definition) is 1. The van der Waals surface area contributed by atoms with Crippen LogP contribution in [0.5, 0.6) is 0 Å². The molecule has 1 aliphatic carbocycles. The Morgan fingerprint density at radius 2 is 1.69 bits per heavy atom. The number of carbonyl (C=O) groups is 2. The Labute approximate surface area is 231 Å². The van der Waals surface area contributed by atoms with Crippen LogP contribution >= 0.6 is 11.6 Å². The van der Waals surface area contributed by atoms with Crippen LogP contribution in [0, 0.1) is 11.3 Å². The normalized spacial score (nSPS) is 18.8. The van der Waals surface area contributed by atoms with Crippen LogP contribution in [0.25, 0.3) is 0 Å². The van der Waals surface area contributed by atoms with Gasteiger partial charge in [0.1, 0.15) is 11.0 Å². The van der Waals surface area contributed by atoms with Crippen LogP contribution in [-0.2, 0) is 10.4 Å². The quantitative estimate of drug-likeness (QED) is 0.490. The lowest BCUT2D eigenvalue weighted by atomic mass is 9.57. The van der Waals surface area contributed by atoms with E-state index in [1.54, 1.807) is 20.2 Å². The fourth-order valence-corrected chi connectivity index (χ4v) is 6.06. The van der Waals surface area contributed by atoms with Gasteiger partial charge in [-0.15, -0.1) is 0 Å². The van der Waals surface area contributed by atoms with Crippen molar-refractivity contribution in [2.45, 2.75) is 43.9 Å². The Bertz CT molecular complexity index is 1190. The number of nitrogens with zero attached hydrogens (tertiary/aromatic N) is 4. The standard InChI is InChI=1S/C28H34ClF3N4O3/c1-34(2)24(37)21-9-10-22(33-23(21)29)36-15-12-26(13-16-36)17-19(18-26)11-14-35(3)25(38)27(39,28(30,31)32)20-7-5-4-6-8-20/h4-10,19,39H,11-18H2,1-3H3/t27-/m1/s1. The number of aliphatic hydroxyl groups is 1. The van der Waals surface area contributed by atoms with E-state index in [9.17, 15) is 27.9 Å². The lowest BCUT2D eigenvalue weighted by Gasteiger charge is -2.53. The van der Waals surface area contributed by atoms with Crippen molar-refractivity contribution in [3.05, 3.63) is 58.7 Å². The summed E-state index contributed by atoms with van der Waals surface area (Å²) in [6.45, 7) is 1.73. The molecule has 1 N–H and O–H groups in total. The number of likely N-dealkylation sites (N-methyl/N-ethyl adjacent to an activating group) is 1. The molecule has 1 saturated carbocycles. The van der Waals surface area contributed by atoms with Crippen LogP contribution in [0.4, 0.5) is 19.0 Å². The summed E-state index contributed by atoms with van der Waals surface area (Å²) in [5.74, 6) is -0.524. The van der Waals surface area contributed by atoms with Gasteiger partial charge in [0.15, 0.2) is 0 Å². The monoisotopic (exact) mass is 566 g/mol. The van der Waals surface area contributed by atoms with Crippen molar-refractivity contribution in [2.24, 2.45) is 11.3 Å². The number of carbonyl (C=O) groups excluding carboxylic acids is 2. The van der Waals surface area contributed by atoms with Crippen molar-refractivity contribution in [1.29, 1.82) is 0 Å². The summed E-state index contributed by atoms with van der Waals surface area (Å²) < 4.78 is 41.5. The molecule has 1 saturated heterocycles. The number of hydrogen-bond acceptors (Lipinski definition) is 5. The molecule has 1 aliphatic heterocycles. The lowest BCUT2D eigenvalue weighted by molar-refractivity contribution is -0.261. The van der Waals surface area contributed by atoms with Crippen LogP contribution in [0.3, 0.4) is 0 Å². The van der Waals surface area contributed by atoms with Gasteiger partial charge >= 0.3 is 6.18 Å². The molecule has 2 amide bonds.